The number of aliphatic hydroxyl groups excluding tert-OH is 1. The van der Waals surface area contributed by atoms with Gasteiger partial charge in [-0.3, -0.25) is 4.79 Å². The Morgan fingerprint density at radius 1 is 1.32 bits per heavy atom. The molecule has 0 fully saturated rings. The second-order valence-electron chi connectivity index (χ2n) is 5.07. The Morgan fingerprint density at radius 2 is 2.05 bits per heavy atom. The molecule has 19 heavy (non-hydrogen) atoms. The van der Waals surface area contributed by atoms with Gasteiger partial charge in [-0.25, -0.2) is 0 Å². The molecule has 0 saturated carbocycles. The molecule has 0 aromatic heterocycles. The number of carbonyl (C=O) groups is 1. The minimum Gasteiger partial charge on any atom is -0.481 e. The maximum atomic E-state index is 11.0. The van der Waals surface area contributed by atoms with E-state index in [4.69, 9.17) is 5.11 Å². The molecule has 1 aliphatic carbocycles. The van der Waals surface area contributed by atoms with E-state index in [1.54, 1.807) is 0 Å². The Hall–Kier alpha value is -1.61. The SMILES string of the molecule is O=C(O)C1CCC=C1CCCC(O)c1ccccc1. The lowest BCUT2D eigenvalue weighted by Crippen LogP contribution is -2.12. The average Bonchev–Trinajstić information content (AvgIpc) is 2.88. The van der Waals surface area contributed by atoms with Crippen LogP contribution in [0, 0.1) is 5.92 Å². The highest BCUT2D eigenvalue weighted by Crippen LogP contribution is 2.31. The Bertz CT molecular complexity index is 450. The number of rotatable bonds is 6. The number of aliphatic carboxylic acids is 1. The summed E-state index contributed by atoms with van der Waals surface area (Å²) in [6.07, 6.45) is 5.47. The first-order chi connectivity index (χ1) is 9.18. The average molecular weight is 260 g/mol. The maximum absolute atomic E-state index is 11.0. The summed E-state index contributed by atoms with van der Waals surface area (Å²) in [5, 5.41) is 19.1. The number of carboxylic acid groups (broad SMARTS) is 1. The molecule has 1 aliphatic rings. The number of aliphatic hydroxyl groups is 1. The van der Waals surface area contributed by atoms with Crippen molar-refractivity contribution < 1.29 is 15.0 Å². The summed E-state index contributed by atoms with van der Waals surface area (Å²) in [6.45, 7) is 0. The van der Waals surface area contributed by atoms with Crippen LogP contribution in [0.5, 0.6) is 0 Å². The van der Waals surface area contributed by atoms with E-state index in [9.17, 15) is 9.90 Å². The molecule has 3 nitrogen and oxygen atoms in total. The first-order valence-corrected chi connectivity index (χ1v) is 6.83. The molecule has 2 unspecified atom stereocenters. The molecule has 0 amide bonds. The summed E-state index contributed by atoms with van der Waals surface area (Å²) in [6, 6.07) is 9.59. The summed E-state index contributed by atoms with van der Waals surface area (Å²) >= 11 is 0. The van der Waals surface area contributed by atoms with Gasteiger partial charge >= 0.3 is 5.97 Å². The van der Waals surface area contributed by atoms with Crippen LogP contribution >= 0.6 is 0 Å². The van der Waals surface area contributed by atoms with Crippen LogP contribution in [0.3, 0.4) is 0 Å². The summed E-state index contributed by atoms with van der Waals surface area (Å²) in [4.78, 5) is 11.0. The Morgan fingerprint density at radius 3 is 2.74 bits per heavy atom. The second-order valence-corrected chi connectivity index (χ2v) is 5.07. The lowest BCUT2D eigenvalue weighted by Gasteiger charge is -2.13. The molecule has 102 valence electrons. The van der Waals surface area contributed by atoms with Crippen molar-refractivity contribution in [2.45, 2.75) is 38.2 Å². The number of hydrogen-bond donors (Lipinski definition) is 2. The van der Waals surface area contributed by atoms with E-state index in [-0.39, 0.29) is 5.92 Å². The van der Waals surface area contributed by atoms with Crippen molar-refractivity contribution in [3.8, 4) is 0 Å². The van der Waals surface area contributed by atoms with Gasteiger partial charge in [0.05, 0.1) is 12.0 Å². The quantitative estimate of drug-likeness (QED) is 0.771. The van der Waals surface area contributed by atoms with E-state index in [1.807, 2.05) is 36.4 Å². The molecule has 0 aliphatic heterocycles. The van der Waals surface area contributed by atoms with Crippen LogP contribution in [0.25, 0.3) is 0 Å². The van der Waals surface area contributed by atoms with Gasteiger partial charge in [-0.1, -0.05) is 42.0 Å². The van der Waals surface area contributed by atoms with Crippen molar-refractivity contribution in [2.75, 3.05) is 0 Å². The lowest BCUT2D eigenvalue weighted by atomic mass is 9.95. The van der Waals surface area contributed by atoms with E-state index in [1.165, 1.54) is 0 Å². The lowest BCUT2D eigenvalue weighted by molar-refractivity contribution is -0.140. The van der Waals surface area contributed by atoms with E-state index >= 15 is 0 Å². The van der Waals surface area contributed by atoms with E-state index in [2.05, 4.69) is 0 Å². The normalized spacial score (nSPS) is 20.1. The van der Waals surface area contributed by atoms with Gasteiger partial charge in [0.15, 0.2) is 0 Å². The van der Waals surface area contributed by atoms with Gasteiger partial charge in [-0.2, -0.15) is 0 Å². The van der Waals surface area contributed by atoms with E-state index in [0.717, 1.165) is 36.8 Å². The molecule has 1 aromatic rings. The third-order valence-corrected chi connectivity index (χ3v) is 3.73. The van der Waals surface area contributed by atoms with E-state index in [0.29, 0.717) is 6.42 Å². The zero-order valence-electron chi connectivity index (χ0n) is 11.0. The highest BCUT2D eigenvalue weighted by molar-refractivity contribution is 5.74. The van der Waals surface area contributed by atoms with Crippen LogP contribution in [-0.4, -0.2) is 16.2 Å². The van der Waals surface area contributed by atoms with Crippen LogP contribution in [0.4, 0.5) is 0 Å². The molecule has 1 aromatic carbocycles. The molecule has 2 atom stereocenters. The van der Waals surface area contributed by atoms with Crippen LogP contribution in [0.15, 0.2) is 42.0 Å². The second kappa shape index (κ2) is 6.53. The van der Waals surface area contributed by atoms with Crippen LogP contribution in [0.1, 0.15) is 43.8 Å². The molecule has 2 N–H and O–H groups in total. The first-order valence-electron chi connectivity index (χ1n) is 6.83. The largest absolute Gasteiger partial charge is 0.481 e. The number of benzene rings is 1. The van der Waals surface area contributed by atoms with Gasteiger partial charge in [-0.15, -0.1) is 0 Å². The van der Waals surface area contributed by atoms with Crippen LogP contribution < -0.4 is 0 Å². The minimum absolute atomic E-state index is 0.297. The molecule has 0 saturated heterocycles. The molecular weight excluding hydrogens is 240 g/mol. The monoisotopic (exact) mass is 260 g/mol. The van der Waals surface area contributed by atoms with Gasteiger partial charge < -0.3 is 10.2 Å². The molecule has 0 heterocycles. The molecule has 0 radical (unpaired) electrons. The van der Waals surface area contributed by atoms with Crippen LogP contribution in [-0.2, 0) is 4.79 Å². The summed E-state index contributed by atoms with van der Waals surface area (Å²) in [7, 11) is 0. The predicted molar refractivity (Wildman–Crippen MR) is 73.7 cm³/mol. The summed E-state index contributed by atoms with van der Waals surface area (Å²) < 4.78 is 0. The Labute approximate surface area is 113 Å². The third kappa shape index (κ3) is 3.67. The number of hydrogen-bond acceptors (Lipinski definition) is 2. The smallest absolute Gasteiger partial charge is 0.310 e. The molecule has 3 heteroatoms. The summed E-state index contributed by atoms with van der Waals surface area (Å²) in [5.74, 6) is -1.01. The van der Waals surface area contributed by atoms with Crippen molar-refractivity contribution in [3.63, 3.8) is 0 Å². The molecule has 2 rings (SSSR count). The van der Waals surface area contributed by atoms with E-state index < -0.39 is 12.1 Å². The minimum atomic E-state index is -0.715. The maximum Gasteiger partial charge on any atom is 0.310 e. The van der Waals surface area contributed by atoms with Crippen LogP contribution in [0.2, 0.25) is 0 Å². The molecule has 0 bridgehead atoms. The van der Waals surface area contributed by atoms with Crippen molar-refractivity contribution >= 4 is 5.97 Å². The Kier molecular flexibility index (Phi) is 4.74. The van der Waals surface area contributed by atoms with Crippen molar-refractivity contribution in [2.24, 2.45) is 5.92 Å². The fourth-order valence-corrected chi connectivity index (χ4v) is 2.66. The Balaban J connectivity index is 1.79. The predicted octanol–water partition coefficient (Wildman–Crippen LogP) is 3.31. The first kappa shape index (κ1) is 13.8. The van der Waals surface area contributed by atoms with Gasteiger partial charge in [0.25, 0.3) is 0 Å². The fourth-order valence-electron chi connectivity index (χ4n) is 2.66. The van der Waals surface area contributed by atoms with Crippen molar-refractivity contribution in [1.82, 2.24) is 0 Å². The van der Waals surface area contributed by atoms with Gasteiger partial charge in [-0.05, 0) is 37.7 Å². The fraction of sp³-hybridized carbons (Fsp3) is 0.438. The highest BCUT2D eigenvalue weighted by Gasteiger charge is 2.25. The zero-order valence-corrected chi connectivity index (χ0v) is 11.0. The van der Waals surface area contributed by atoms with Crippen molar-refractivity contribution in [3.05, 3.63) is 47.5 Å². The standard InChI is InChI=1S/C16H20O3/c17-15(13-6-2-1-3-7-13)11-5-9-12-8-4-10-14(12)16(18)19/h1-3,6-8,14-15,17H,4-5,9-11H2,(H,18,19). The zero-order chi connectivity index (χ0) is 13.7. The molecular formula is C16H20O3. The van der Waals surface area contributed by atoms with Gasteiger partial charge in [0.1, 0.15) is 0 Å². The van der Waals surface area contributed by atoms with Gasteiger partial charge in [0.2, 0.25) is 0 Å². The highest BCUT2D eigenvalue weighted by atomic mass is 16.4. The third-order valence-electron chi connectivity index (χ3n) is 3.73. The number of allylic oxidation sites excluding steroid dienone is 1. The van der Waals surface area contributed by atoms with Crippen molar-refractivity contribution in [1.29, 1.82) is 0 Å². The summed E-state index contributed by atoms with van der Waals surface area (Å²) in [5.41, 5.74) is 1.96. The topological polar surface area (TPSA) is 57.5 Å². The molecule has 0 spiro atoms. The number of carboxylic acids is 1. The van der Waals surface area contributed by atoms with Gasteiger partial charge in [0, 0.05) is 0 Å².